The van der Waals surface area contributed by atoms with Gasteiger partial charge in [-0.1, -0.05) is 37.3 Å². The zero-order valence-corrected chi connectivity index (χ0v) is 12.6. The average molecular weight is 322 g/mol. The fraction of sp³-hybridized carbons (Fsp3) is 0.267. The van der Waals surface area contributed by atoms with Crippen molar-refractivity contribution in [1.29, 1.82) is 0 Å². The number of carboxylic acid groups (broad SMARTS) is 1. The summed E-state index contributed by atoms with van der Waals surface area (Å²) >= 11 is 3.46. The Labute approximate surface area is 121 Å². The van der Waals surface area contributed by atoms with Crippen LogP contribution in [-0.2, 0) is 6.54 Å². The molecule has 0 unspecified atom stereocenters. The number of aromatic nitrogens is 1. The van der Waals surface area contributed by atoms with E-state index in [2.05, 4.69) is 27.4 Å². The van der Waals surface area contributed by atoms with E-state index < -0.39 is 5.97 Å². The van der Waals surface area contributed by atoms with Gasteiger partial charge in [0, 0.05) is 12.2 Å². The average Bonchev–Trinajstić information content (AvgIpc) is 2.63. The second-order valence-electron chi connectivity index (χ2n) is 4.45. The van der Waals surface area contributed by atoms with Gasteiger partial charge in [0.25, 0.3) is 0 Å². The highest BCUT2D eigenvalue weighted by atomic mass is 79.9. The summed E-state index contributed by atoms with van der Waals surface area (Å²) in [5.74, 6) is -0.892. The Balaban J connectivity index is 2.72. The Bertz CT molecular complexity index is 602. The van der Waals surface area contributed by atoms with Gasteiger partial charge in [0.15, 0.2) is 0 Å². The lowest BCUT2D eigenvalue weighted by atomic mass is 10.1. The van der Waals surface area contributed by atoms with Crippen LogP contribution in [0.15, 0.2) is 34.8 Å². The number of halogens is 1. The Morgan fingerprint density at radius 1 is 1.32 bits per heavy atom. The molecular weight excluding hydrogens is 306 g/mol. The van der Waals surface area contributed by atoms with Crippen LogP contribution in [0, 0.1) is 6.92 Å². The minimum absolute atomic E-state index is 0.354. The Kier molecular flexibility index (Phi) is 4.10. The maximum absolute atomic E-state index is 11.4. The molecule has 19 heavy (non-hydrogen) atoms. The summed E-state index contributed by atoms with van der Waals surface area (Å²) in [4.78, 5) is 11.4. The molecule has 0 fully saturated rings. The molecule has 2 aromatic rings. The molecule has 0 amide bonds. The third-order valence-corrected chi connectivity index (χ3v) is 3.94. The van der Waals surface area contributed by atoms with Crippen LogP contribution in [-0.4, -0.2) is 15.6 Å². The van der Waals surface area contributed by atoms with E-state index in [1.807, 2.05) is 37.3 Å². The first-order valence-corrected chi connectivity index (χ1v) is 7.04. The zero-order chi connectivity index (χ0) is 14.0. The molecule has 0 aliphatic heterocycles. The van der Waals surface area contributed by atoms with Crippen molar-refractivity contribution in [3.63, 3.8) is 0 Å². The molecule has 1 heterocycles. The predicted octanol–water partition coefficient (Wildman–Crippen LogP) is 4.33. The predicted molar refractivity (Wildman–Crippen MR) is 79.6 cm³/mol. The van der Waals surface area contributed by atoms with Crippen LogP contribution in [0.4, 0.5) is 0 Å². The van der Waals surface area contributed by atoms with Crippen molar-refractivity contribution in [2.45, 2.75) is 26.8 Å². The Hall–Kier alpha value is -1.55. The van der Waals surface area contributed by atoms with Gasteiger partial charge in [0.2, 0.25) is 0 Å². The van der Waals surface area contributed by atoms with Crippen molar-refractivity contribution in [2.24, 2.45) is 0 Å². The molecule has 0 aliphatic carbocycles. The maximum Gasteiger partial charge on any atom is 0.338 e. The molecule has 1 aromatic carbocycles. The van der Waals surface area contributed by atoms with Gasteiger partial charge in [-0.05, 0) is 34.8 Å². The van der Waals surface area contributed by atoms with Gasteiger partial charge in [0.1, 0.15) is 0 Å². The molecule has 1 aromatic heterocycles. The van der Waals surface area contributed by atoms with Crippen molar-refractivity contribution in [2.75, 3.05) is 0 Å². The highest BCUT2D eigenvalue weighted by Gasteiger charge is 2.23. The number of carbonyl (C=O) groups is 1. The van der Waals surface area contributed by atoms with Crippen molar-refractivity contribution in [1.82, 2.24) is 4.57 Å². The van der Waals surface area contributed by atoms with Gasteiger partial charge in [-0.2, -0.15) is 0 Å². The second kappa shape index (κ2) is 5.61. The van der Waals surface area contributed by atoms with Crippen LogP contribution < -0.4 is 0 Å². The fourth-order valence-electron chi connectivity index (χ4n) is 2.33. The summed E-state index contributed by atoms with van der Waals surface area (Å²) in [5, 5.41) is 9.36. The molecular formula is C15H16BrNO2. The van der Waals surface area contributed by atoms with Gasteiger partial charge in [-0.15, -0.1) is 0 Å². The van der Waals surface area contributed by atoms with Crippen molar-refractivity contribution < 1.29 is 9.90 Å². The van der Waals surface area contributed by atoms with E-state index in [0.717, 1.165) is 29.9 Å². The second-order valence-corrected chi connectivity index (χ2v) is 5.24. The van der Waals surface area contributed by atoms with Crippen LogP contribution in [0.3, 0.4) is 0 Å². The van der Waals surface area contributed by atoms with Crippen LogP contribution in [0.5, 0.6) is 0 Å². The molecule has 0 saturated carbocycles. The molecule has 0 radical (unpaired) electrons. The monoisotopic (exact) mass is 321 g/mol. The number of carboxylic acids is 1. The third kappa shape index (κ3) is 2.45. The van der Waals surface area contributed by atoms with Crippen LogP contribution in [0.25, 0.3) is 11.3 Å². The SMILES string of the molecule is CCCn1c(C)c(C(=O)O)c(Br)c1-c1ccccc1. The minimum Gasteiger partial charge on any atom is -0.478 e. The highest BCUT2D eigenvalue weighted by Crippen LogP contribution is 2.36. The summed E-state index contributed by atoms with van der Waals surface area (Å²) in [6, 6.07) is 9.87. The van der Waals surface area contributed by atoms with E-state index >= 15 is 0 Å². The van der Waals surface area contributed by atoms with E-state index in [-0.39, 0.29) is 0 Å². The molecule has 0 atom stereocenters. The smallest absolute Gasteiger partial charge is 0.338 e. The summed E-state index contributed by atoms with van der Waals surface area (Å²) < 4.78 is 2.74. The molecule has 1 N–H and O–H groups in total. The van der Waals surface area contributed by atoms with E-state index in [0.29, 0.717) is 10.0 Å². The first-order chi connectivity index (χ1) is 9.07. The van der Waals surface area contributed by atoms with E-state index in [9.17, 15) is 9.90 Å². The molecule has 3 nitrogen and oxygen atoms in total. The highest BCUT2D eigenvalue weighted by molar-refractivity contribution is 9.10. The Morgan fingerprint density at radius 3 is 2.47 bits per heavy atom. The number of aromatic carboxylic acids is 1. The van der Waals surface area contributed by atoms with Crippen molar-refractivity contribution in [3.05, 3.63) is 46.1 Å². The number of benzene rings is 1. The quantitative estimate of drug-likeness (QED) is 0.910. The van der Waals surface area contributed by atoms with Crippen LogP contribution >= 0.6 is 15.9 Å². The molecule has 0 saturated heterocycles. The molecule has 0 bridgehead atoms. The Morgan fingerprint density at radius 2 is 1.95 bits per heavy atom. The van der Waals surface area contributed by atoms with Crippen LogP contribution in [0.1, 0.15) is 29.4 Å². The van der Waals surface area contributed by atoms with Crippen LogP contribution in [0.2, 0.25) is 0 Å². The third-order valence-electron chi connectivity index (χ3n) is 3.17. The minimum atomic E-state index is -0.892. The molecule has 0 aliphatic rings. The lowest BCUT2D eigenvalue weighted by Crippen LogP contribution is -2.04. The molecule has 100 valence electrons. The summed E-state index contributed by atoms with van der Waals surface area (Å²) in [7, 11) is 0. The fourth-order valence-corrected chi connectivity index (χ4v) is 3.23. The van der Waals surface area contributed by atoms with Gasteiger partial charge >= 0.3 is 5.97 Å². The number of hydrogen-bond donors (Lipinski definition) is 1. The summed E-state index contributed by atoms with van der Waals surface area (Å²) in [5.41, 5.74) is 3.11. The number of rotatable bonds is 4. The van der Waals surface area contributed by atoms with Crippen molar-refractivity contribution >= 4 is 21.9 Å². The lowest BCUT2D eigenvalue weighted by molar-refractivity contribution is 0.0695. The number of nitrogens with zero attached hydrogens (tertiary/aromatic N) is 1. The van der Waals surface area contributed by atoms with Gasteiger partial charge in [-0.3, -0.25) is 0 Å². The normalized spacial score (nSPS) is 10.7. The summed E-state index contributed by atoms with van der Waals surface area (Å²) in [6.07, 6.45) is 0.959. The zero-order valence-electron chi connectivity index (χ0n) is 11.0. The topological polar surface area (TPSA) is 42.2 Å². The largest absolute Gasteiger partial charge is 0.478 e. The molecule has 2 rings (SSSR count). The number of hydrogen-bond acceptors (Lipinski definition) is 1. The molecule has 4 heteroatoms. The standard InChI is InChI=1S/C15H16BrNO2/c1-3-9-17-10(2)12(15(18)19)13(16)14(17)11-7-5-4-6-8-11/h4-8H,3,9H2,1-2H3,(H,18,19). The van der Waals surface area contributed by atoms with Gasteiger partial charge in [0.05, 0.1) is 15.7 Å². The van der Waals surface area contributed by atoms with E-state index in [4.69, 9.17) is 0 Å². The van der Waals surface area contributed by atoms with Gasteiger partial charge in [-0.25, -0.2) is 4.79 Å². The van der Waals surface area contributed by atoms with E-state index in [1.165, 1.54) is 0 Å². The first kappa shape index (κ1) is 13.9. The van der Waals surface area contributed by atoms with Gasteiger partial charge < -0.3 is 9.67 Å². The first-order valence-electron chi connectivity index (χ1n) is 6.25. The van der Waals surface area contributed by atoms with Crippen molar-refractivity contribution in [3.8, 4) is 11.3 Å². The molecule has 0 spiro atoms. The van der Waals surface area contributed by atoms with E-state index in [1.54, 1.807) is 0 Å². The lowest BCUT2D eigenvalue weighted by Gasteiger charge is -2.10. The maximum atomic E-state index is 11.4. The summed E-state index contributed by atoms with van der Waals surface area (Å²) in [6.45, 7) is 4.75.